The summed E-state index contributed by atoms with van der Waals surface area (Å²) in [6.45, 7) is 6.07. The van der Waals surface area contributed by atoms with Crippen LogP contribution in [0.5, 0.6) is 0 Å². The van der Waals surface area contributed by atoms with Crippen molar-refractivity contribution in [2.45, 2.75) is 27.2 Å². The maximum atomic E-state index is 11.3. The number of fused-ring (bicyclic) bond motifs is 1. The van der Waals surface area contributed by atoms with Gasteiger partial charge in [-0.25, -0.2) is 4.79 Å². The number of carboxylic acid groups (broad SMARTS) is 1. The first-order valence-corrected chi connectivity index (χ1v) is 5.79. The van der Waals surface area contributed by atoms with Gasteiger partial charge in [0.2, 0.25) is 0 Å². The summed E-state index contributed by atoms with van der Waals surface area (Å²) >= 11 is 0. The molecule has 0 saturated heterocycles. The van der Waals surface area contributed by atoms with Gasteiger partial charge < -0.3 is 9.67 Å². The van der Waals surface area contributed by atoms with Crippen LogP contribution in [0.2, 0.25) is 0 Å². The summed E-state index contributed by atoms with van der Waals surface area (Å²) in [6, 6.07) is 4.17. The number of benzene rings is 1. The van der Waals surface area contributed by atoms with Crippen molar-refractivity contribution in [3.8, 4) is 0 Å². The second-order valence-corrected chi connectivity index (χ2v) is 4.52. The highest BCUT2D eigenvalue weighted by molar-refractivity contribution is 5.99. The quantitative estimate of drug-likeness (QED) is 0.863. The van der Waals surface area contributed by atoms with Gasteiger partial charge in [0, 0.05) is 12.4 Å². The fourth-order valence-corrected chi connectivity index (χ4v) is 2.71. The summed E-state index contributed by atoms with van der Waals surface area (Å²) in [7, 11) is 1.83. The summed E-state index contributed by atoms with van der Waals surface area (Å²) in [5.41, 5.74) is 4.68. The third-order valence-corrected chi connectivity index (χ3v) is 3.28. The number of hydrogen-bond acceptors (Lipinski definition) is 1. The van der Waals surface area contributed by atoms with Gasteiger partial charge in [-0.2, -0.15) is 0 Å². The largest absolute Gasteiger partial charge is 0.477 e. The van der Waals surface area contributed by atoms with Crippen LogP contribution in [0.25, 0.3) is 10.9 Å². The topological polar surface area (TPSA) is 42.2 Å². The van der Waals surface area contributed by atoms with Crippen LogP contribution < -0.4 is 0 Å². The van der Waals surface area contributed by atoms with Gasteiger partial charge in [-0.15, -0.1) is 0 Å². The molecular weight excluding hydrogens is 214 g/mol. The SMILES string of the molecule is CCc1c(C(=O)O)n(C)c2c(C)cc(C)cc12. The molecule has 3 nitrogen and oxygen atoms in total. The van der Waals surface area contributed by atoms with Gasteiger partial charge in [-0.1, -0.05) is 18.6 Å². The minimum atomic E-state index is -0.849. The predicted octanol–water partition coefficient (Wildman–Crippen LogP) is 3.06. The summed E-state index contributed by atoms with van der Waals surface area (Å²) in [5.74, 6) is -0.849. The first-order valence-electron chi connectivity index (χ1n) is 5.79. The van der Waals surface area contributed by atoms with Crippen molar-refractivity contribution >= 4 is 16.9 Å². The summed E-state index contributed by atoms with van der Waals surface area (Å²) < 4.78 is 1.80. The lowest BCUT2D eigenvalue weighted by molar-refractivity contribution is 0.0686. The van der Waals surface area contributed by atoms with E-state index in [1.54, 1.807) is 4.57 Å². The van der Waals surface area contributed by atoms with Gasteiger partial charge in [-0.3, -0.25) is 0 Å². The highest BCUT2D eigenvalue weighted by Gasteiger charge is 2.20. The molecule has 3 heteroatoms. The highest BCUT2D eigenvalue weighted by Crippen LogP contribution is 2.29. The van der Waals surface area contributed by atoms with E-state index in [4.69, 9.17) is 0 Å². The van der Waals surface area contributed by atoms with Crippen molar-refractivity contribution in [1.29, 1.82) is 0 Å². The number of rotatable bonds is 2. The van der Waals surface area contributed by atoms with E-state index in [0.29, 0.717) is 5.69 Å². The zero-order chi connectivity index (χ0) is 12.7. The van der Waals surface area contributed by atoms with Crippen LogP contribution in [0.15, 0.2) is 12.1 Å². The van der Waals surface area contributed by atoms with Gasteiger partial charge in [0.05, 0.1) is 5.52 Å². The number of aromatic carboxylic acids is 1. The molecule has 0 aliphatic heterocycles. The van der Waals surface area contributed by atoms with E-state index in [-0.39, 0.29) is 0 Å². The molecular formula is C14H17NO2. The molecule has 0 fully saturated rings. The Morgan fingerprint density at radius 1 is 1.35 bits per heavy atom. The molecule has 0 aliphatic carbocycles. The highest BCUT2D eigenvalue weighted by atomic mass is 16.4. The molecule has 0 atom stereocenters. The summed E-state index contributed by atoms with van der Waals surface area (Å²) in [5, 5.41) is 10.4. The van der Waals surface area contributed by atoms with Crippen LogP contribution in [-0.2, 0) is 13.5 Å². The van der Waals surface area contributed by atoms with Gasteiger partial charge in [-0.05, 0) is 37.5 Å². The molecule has 2 aromatic rings. The van der Waals surface area contributed by atoms with Gasteiger partial charge in [0.15, 0.2) is 0 Å². The number of aromatic nitrogens is 1. The van der Waals surface area contributed by atoms with Crippen molar-refractivity contribution in [2.75, 3.05) is 0 Å². The number of carboxylic acids is 1. The Hall–Kier alpha value is -1.77. The first kappa shape index (κ1) is 11.7. The molecule has 1 N–H and O–H groups in total. The molecule has 0 amide bonds. The molecule has 1 heterocycles. The van der Waals surface area contributed by atoms with Crippen LogP contribution in [0.4, 0.5) is 0 Å². The van der Waals surface area contributed by atoms with E-state index in [1.807, 2.05) is 27.8 Å². The van der Waals surface area contributed by atoms with Crippen molar-refractivity contribution in [3.05, 3.63) is 34.5 Å². The monoisotopic (exact) mass is 231 g/mol. The summed E-state index contributed by atoms with van der Waals surface area (Å²) in [6.07, 6.45) is 0.738. The first-order chi connectivity index (χ1) is 7.97. The molecule has 1 aromatic heterocycles. The van der Waals surface area contributed by atoms with E-state index in [1.165, 1.54) is 5.56 Å². The minimum absolute atomic E-state index is 0.413. The Morgan fingerprint density at radius 3 is 2.53 bits per heavy atom. The Labute approximate surface area is 101 Å². The smallest absolute Gasteiger partial charge is 0.352 e. The lowest BCUT2D eigenvalue weighted by Crippen LogP contribution is -2.07. The Morgan fingerprint density at radius 2 is 2.00 bits per heavy atom. The van der Waals surface area contributed by atoms with Crippen molar-refractivity contribution in [3.63, 3.8) is 0 Å². The lowest BCUT2D eigenvalue weighted by Gasteiger charge is -2.03. The van der Waals surface area contributed by atoms with Crippen LogP contribution in [0.3, 0.4) is 0 Å². The fourth-order valence-electron chi connectivity index (χ4n) is 2.71. The van der Waals surface area contributed by atoms with E-state index in [0.717, 1.165) is 28.5 Å². The maximum Gasteiger partial charge on any atom is 0.352 e. The molecule has 0 unspecified atom stereocenters. The van der Waals surface area contributed by atoms with Crippen LogP contribution in [0, 0.1) is 13.8 Å². The van der Waals surface area contributed by atoms with E-state index < -0.39 is 5.97 Å². The molecule has 1 aromatic carbocycles. The number of hydrogen-bond donors (Lipinski definition) is 1. The standard InChI is InChI=1S/C14H17NO2/c1-5-10-11-7-8(2)6-9(3)12(11)15(4)13(10)14(16)17/h6-7H,5H2,1-4H3,(H,16,17). The molecule has 90 valence electrons. The number of nitrogens with zero attached hydrogens (tertiary/aromatic N) is 1. The van der Waals surface area contributed by atoms with Crippen LogP contribution >= 0.6 is 0 Å². The van der Waals surface area contributed by atoms with Crippen molar-refractivity contribution in [1.82, 2.24) is 4.57 Å². The average Bonchev–Trinajstić information content (AvgIpc) is 2.50. The second-order valence-electron chi connectivity index (χ2n) is 4.52. The maximum absolute atomic E-state index is 11.3. The number of aryl methyl sites for hydroxylation is 4. The van der Waals surface area contributed by atoms with Crippen LogP contribution in [-0.4, -0.2) is 15.6 Å². The van der Waals surface area contributed by atoms with Crippen molar-refractivity contribution < 1.29 is 9.90 Å². The zero-order valence-corrected chi connectivity index (χ0v) is 10.7. The third-order valence-electron chi connectivity index (χ3n) is 3.28. The zero-order valence-electron chi connectivity index (χ0n) is 10.7. The second kappa shape index (κ2) is 3.91. The van der Waals surface area contributed by atoms with E-state index >= 15 is 0 Å². The lowest BCUT2D eigenvalue weighted by atomic mass is 10.0. The van der Waals surface area contributed by atoms with Crippen molar-refractivity contribution in [2.24, 2.45) is 7.05 Å². The summed E-state index contributed by atoms with van der Waals surface area (Å²) in [4.78, 5) is 11.3. The molecule has 0 radical (unpaired) electrons. The predicted molar refractivity (Wildman–Crippen MR) is 68.7 cm³/mol. The van der Waals surface area contributed by atoms with Crippen LogP contribution in [0.1, 0.15) is 34.1 Å². The third kappa shape index (κ3) is 1.62. The van der Waals surface area contributed by atoms with E-state index in [2.05, 4.69) is 12.1 Å². The van der Waals surface area contributed by atoms with E-state index in [9.17, 15) is 9.90 Å². The average molecular weight is 231 g/mol. The number of carbonyl (C=O) groups is 1. The fraction of sp³-hybridized carbons (Fsp3) is 0.357. The molecule has 0 saturated carbocycles. The molecule has 17 heavy (non-hydrogen) atoms. The van der Waals surface area contributed by atoms with Gasteiger partial charge in [0.25, 0.3) is 0 Å². The van der Waals surface area contributed by atoms with Gasteiger partial charge >= 0.3 is 5.97 Å². The molecule has 0 aliphatic rings. The Kier molecular flexibility index (Phi) is 2.69. The molecule has 2 rings (SSSR count). The van der Waals surface area contributed by atoms with Gasteiger partial charge in [0.1, 0.15) is 5.69 Å². The molecule has 0 bridgehead atoms. The minimum Gasteiger partial charge on any atom is -0.477 e. The Bertz CT molecular complexity index is 608. The molecule has 0 spiro atoms. The normalized spacial score (nSPS) is 11.1. The Balaban J connectivity index is 2.99.